The number of carbonyl (C=O) groups excluding carboxylic acids is 3. The minimum absolute atomic E-state index is 0.0729. The highest BCUT2D eigenvalue weighted by atomic mass is 32.1. The molecule has 0 spiro atoms. The van der Waals surface area contributed by atoms with Gasteiger partial charge in [0.25, 0.3) is 0 Å². The number of rotatable bonds is 7. The van der Waals surface area contributed by atoms with E-state index in [2.05, 4.69) is 30.6 Å². The second kappa shape index (κ2) is 13.9. The summed E-state index contributed by atoms with van der Waals surface area (Å²) >= 11 is 1.54. The van der Waals surface area contributed by atoms with Crippen molar-refractivity contribution < 1.29 is 28.6 Å². The standard InChI is InChI=1S/C37H46N4O6S/c1-7-46-36(44)37-19-23(37)12-10-8-9-11-15-41(5)35(43)27-17-24(16-26(27)33(42)40-37)47-31-18-28(34-39-29(20-48-34)21(2)3)38-32-22(4)30(45-6)14-13-25(31)32/h10,12-14,18,20-21,23-24,26-27H,7-9,11,15-17,19H2,1-6H3,(H,40,42)/b12-10-/t23?,24-,26?,27?,37?/m1/s1. The fraction of sp³-hybridized carbons (Fsp3) is 0.541. The zero-order chi connectivity index (χ0) is 34.2. The van der Waals surface area contributed by atoms with Gasteiger partial charge in [-0.1, -0.05) is 26.0 Å². The fourth-order valence-electron chi connectivity index (χ4n) is 7.09. The van der Waals surface area contributed by atoms with Gasteiger partial charge in [0.15, 0.2) is 0 Å². The van der Waals surface area contributed by atoms with Crippen molar-refractivity contribution in [3.8, 4) is 22.2 Å². The molecule has 2 saturated carbocycles. The molecule has 6 rings (SSSR count). The van der Waals surface area contributed by atoms with E-state index in [9.17, 15) is 14.4 Å². The second-order valence-electron chi connectivity index (χ2n) is 13.6. The Morgan fingerprint density at radius 1 is 1.15 bits per heavy atom. The summed E-state index contributed by atoms with van der Waals surface area (Å²) in [6, 6.07) is 5.76. The summed E-state index contributed by atoms with van der Waals surface area (Å²) in [5, 5.41) is 6.73. The summed E-state index contributed by atoms with van der Waals surface area (Å²) < 4.78 is 17.8. The van der Waals surface area contributed by atoms with E-state index in [1.165, 1.54) is 0 Å². The van der Waals surface area contributed by atoms with Crippen LogP contribution in [-0.4, -0.2) is 71.6 Å². The number of pyridine rings is 1. The van der Waals surface area contributed by atoms with Gasteiger partial charge in [-0.15, -0.1) is 11.3 Å². The van der Waals surface area contributed by atoms with E-state index in [0.717, 1.165) is 52.2 Å². The molecule has 2 amide bonds. The molecule has 0 saturated heterocycles. The van der Waals surface area contributed by atoms with Gasteiger partial charge in [0.2, 0.25) is 11.8 Å². The van der Waals surface area contributed by atoms with E-state index in [-0.39, 0.29) is 30.3 Å². The molecule has 1 aliphatic heterocycles. The molecule has 3 heterocycles. The van der Waals surface area contributed by atoms with Crippen molar-refractivity contribution in [1.29, 1.82) is 0 Å². The van der Waals surface area contributed by atoms with Crippen LogP contribution in [0.4, 0.5) is 0 Å². The third-order valence-electron chi connectivity index (χ3n) is 10.0. The number of amides is 2. The molecule has 1 N–H and O–H groups in total. The zero-order valence-corrected chi connectivity index (χ0v) is 29.5. The Labute approximate surface area is 286 Å². The maximum atomic E-state index is 14.1. The zero-order valence-electron chi connectivity index (χ0n) is 28.7. The van der Waals surface area contributed by atoms with Crippen LogP contribution in [0.15, 0.2) is 35.7 Å². The highest BCUT2D eigenvalue weighted by Crippen LogP contribution is 2.47. The van der Waals surface area contributed by atoms with Gasteiger partial charge in [-0.2, -0.15) is 0 Å². The van der Waals surface area contributed by atoms with Crippen molar-refractivity contribution in [3.05, 3.63) is 47.0 Å². The number of hydrogen-bond acceptors (Lipinski definition) is 9. The van der Waals surface area contributed by atoms with Gasteiger partial charge < -0.3 is 24.4 Å². The first kappa shape index (κ1) is 33.9. The number of methoxy groups -OCH3 is 1. The number of carbonyl (C=O) groups is 3. The Hall–Kier alpha value is -3.99. The predicted octanol–water partition coefficient (Wildman–Crippen LogP) is 6.21. The van der Waals surface area contributed by atoms with Crippen LogP contribution in [0.5, 0.6) is 11.5 Å². The second-order valence-corrected chi connectivity index (χ2v) is 14.5. The minimum Gasteiger partial charge on any atom is -0.496 e. The summed E-state index contributed by atoms with van der Waals surface area (Å²) in [6.07, 6.45) is 7.52. The van der Waals surface area contributed by atoms with E-state index < -0.39 is 29.4 Å². The average molecular weight is 675 g/mol. The van der Waals surface area contributed by atoms with Crippen molar-refractivity contribution in [1.82, 2.24) is 20.2 Å². The van der Waals surface area contributed by atoms with Crippen molar-refractivity contribution in [3.63, 3.8) is 0 Å². The monoisotopic (exact) mass is 674 g/mol. The number of allylic oxidation sites excluding steroid dienone is 1. The number of aromatic nitrogens is 2. The molecule has 48 heavy (non-hydrogen) atoms. The van der Waals surface area contributed by atoms with Crippen molar-refractivity contribution in [2.24, 2.45) is 17.8 Å². The number of ether oxygens (including phenoxy) is 3. The Balaban J connectivity index is 1.34. The van der Waals surface area contributed by atoms with Gasteiger partial charge in [-0.25, -0.2) is 14.8 Å². The van der Waals surface area contributed by atoms with Crippen molar-refractivity contribution >= 4 is 40.0 Å². The van der Waals surface area contributed by atoms with Gasteiger partial charge >= 0.3 is 5.97 Å². The fourth-order valence-corrected chi connectivity index (χ4v) is 8.03. The van der Waals surface area contributed by atoms with Crippen LogP contribution in [0.25, 0.3) is 21.6 Å². The molecule has 5 atom stereocenters. The SMILES string of the molecule is CCOC(=O)C12CC1/C=C\CCCCN(C)C(=O)C1C[C@H](Oc3cc(-c4nc(C(C)C)cs4)nc4c(C)c(OC)ccc34)CC1C(=O)N2. The normalized spacial score (nSPS) is 26.8. The first-order valence-corrected chi connectivity index (χ1v) is 18.0. The molecule has 3 aliphatic rings. The van der Waals surface area contributed by atoms with Crippen LogP contribution in [0, 0.1) is 24.7 Å². The molecule has 11 heteroatoms. The number of fused-ring (bicyclic) bond motifs is 3. The Morgan fingerprint density at radius 3 is 2.67 bits per heavy atom. The van der Waals surface area contributed by atoms with Crippen LogP contribution in [0.3, 0.4) is 0 Å². The molecule has 10 nitrogen and oxygen atoms in total. The molecule has 256 valence electrons. The quantitative estimate of drug-likeness (QED) is 0.232. The number of aryl methyl sites for hydroxylation is 1. The maximum absolute atomic E-state index is 14.1. The Bertz CT molecular complexity index is 1740. The summed E-state index contributed by atoms with van der Waals surface area (Å²) in [5.74, 6) is -0.551. The first-order valence-electron chi connectivity index (χ1n) is 17.1. The average Bonchev–Trinajstić information content (AvgIpc) is 3.37. The first-order chi connectivity index (χ1) is 23.1. The van der Waals surface area contributed by atoms with Crippen LogP contribution in [-0.2, 0) is 19.1 Å². The Kier molecular flexibility index (Phi) is 9.79. The third-order valence-corrected chi connectivity index (χ3v) is 10.9. The van der Waals surface area contributed by atoms with Gasteiger partial charge in [-0.3, -0.25) is 9.59 Å². The molecule has 2 aliphatic carbocycles. The van der Waals surface area contributed by atoms with E-state index in [4.69, 9.17) is 24.2 Å². The van der Waals surface area contributed by atoms with Gasteiger partial charge in [0.1, 0.15) is 33.8 Å². The minimum atomic E-state index is -1.10. The Morgan fingerprint density at radius 2 is 1.94 bits per heavy atom. The number of esters is 1. The third kappa shape index (κ3) is 6.53. The number of benzene rings is 1. The summed E-state index contributed by atoms with van der Waals surface area (Å²) in [7, 11) is 3.45. The van der Waals surface area contributed by atoms with Crippen LogP contribution in [0.2, 0.25) is 0 Å². The molecule has 3 aromatic rings. The molecule has 1 aromatic carbocycles. The number of thiazole rings is 1. The van der Waals surface area contributed by atoms with Crippen LogP contribution >= 0.6 is 11.3 Å². The van der Waals surface area contributed by atoms with Gasteiger partial charge in [0, 0.05) is 41.9 Å². The van der Waals surface area contributed by atoms with Gasteiger partial charge in [0.05, 0.1) is 36.8 Å². The topological polar surface area (TPSA) is 120 Å². The van der Waals surface area contributed by atoms with Crippen molar-refractivity contribution in [2.45, 2.75) is 83.8 Å². The maximum Gasteiger partial charge on any atom is 0.332 e. The molecule has 0 radical (unpaired) electrons. The highest BCUT2D eigenvalue weighted by molar-refractivity contribution is 7.13. The smallest absolute Gasteiger partial charge is 0.332 e. The van der Waals surface area contributed by atoms with E-state index in [1.54, 1.807) is 30.3 Å². The number of nitrogens with one attached hydrogen (secondary N) is 1. The molecule has 4 unspecified atom stereocenters. The largest absolute Gasteiger partial charge is 0.496 e. The van der Waals surface area contributed by atoms with Crippen molar-refractivity contribution in [2.75, 3.05) is 27.3 Å². The number of nitrogens with zero attached hydrogens (tertiary/aromatic N) is 3. The number of hydrogen-bond donors (Lipinski definition) is 1. The van der Waals surface area contributed by atoms with E-state index in [1.807, 2.05) is 38.2 Å². The molecule has 2 aromatic heterocycles. The summed E-state index contributed by atoms with van der Waals surface area (Å²) in [4.78, 5) is 52.8. The molecular formula is C37H46N4O6S. The van der Waals surface area contributed by atoms with Crippen LogP contribution in [0.1, 0.15) is 76.5 Å². The molecule has 0 bridgehead atoms. The molecular weight excluding hydrogens is 628 g/mol. The van der Waals surface area contributed by atoms with Gasteiger partial charge in [-0.05, 0) is 70.4 Å². The van der Waals surface area contributed by atoms with E-state index >= 15 is 0 Å². The van der Waals surface area contributed by atoms with Crippen LogP contribution < -0.4 is 14.8 Å². The summed E-state index contributed by atoms with van der Waals surface area (Å²) in [5.41, 5.74) is 2.23. The predicted molar refractivity (Wildman–Crippen MR) is 185 cm³/mol. The lowest BCUT2D eigenvalue weighted by atomic mass is 9.93. The molecule has 2 fully saturated rings. The highest BCUT2D eigenvalue weighted by Gasteiger charge is 2.62. The summed E-state index contributed by atoms with van der Waals surface area (Å²) in [6.45, 7) is 8.80. The lowest BCUT2D eigenvalue weighted by Gasteiger charge is -2.26. The lowest BCUT2D eigenvalue weighted by molar-refractivity contribution is -0.150. The van der Waals surface area contributed by atoms with E-state index in [0.29, 0.717) is 37.3 Å². The lowest BCUT2D eigenvalue weighted by Crippen LogP contribution is -2.50.